The van der Waals surface area contributed by atoms with E-state index in [1.54, 1.807) is 6.21 Å². The smallest absolute Gasteiger partial charge is 0.277 e. The van der Waals surface area contributed by atoms with Gasteiger partial charge < -0.3 is 4.74 Å². The third kappa shape index (κ3) is 4.99. The molecular formula is C15H15BrN2O2S. The molecule has 0 bridgehead atoms. The molecule has 1 heterocycles. The first-order chi connectivity index (χ1) is 10.0. The number of hydrogen-bond donors (Lipinski definition) is 1. The second-order valence-corrected chi connectivity index (χ2v) is 6.35. The van der Waals surface area contributed by atoms with Gasteiger partial charge in [-0.1, -0.05) is 6.07 Å². The lowest BCUT2D eigenvalue weighted by molar-refractivity contribution is -0.123. The van der Waals surface area contributed by atoms with E-state index in [2.05, 4.69) is 26.5 Å². The van der Waals surface area contributed by atoms with Crippen molar-refractivity contribution in [1.29, 1.82) is 0 Å². The number of aryl methyl sites for hydroxylation is 2. The Morgan fingerprint density at radius 1 is 1.38 bits per heavy atom. The maximum absolute atomic E-state index is 11.6. The molecule has 0 unspecified atom stereocenters. The van der Waals surface area contributed by atoms with Crippen molar-refractivity contribution in [1.82, 2.24) is 5.43 Å². The quantitative estimate of drug-likeness (QED) is 0.648. The number of amides is 1. The van der Waals surface area contributed by atoms with Crippen molar-refractivity contribution in [2.45, 2.75) is 13.8 Å². The van der Waals surface area contributed by atoms with Crippen molar-refractivity contribution in [3.05, 3.63) is 50.1 Å². The zero-order valence-electron chi connectivity index (χ0n) is 11.7. The molecule has 0 radical (unpaired) electrons. The first-order valence-corrected chi connectivity index (χ1v) is 7.98. The average Bonchev–Trinajstić information content (AvgIpc) is 2.86. The highest BCUT2D eigenvalue weighted by Gasteiger charge is 2.02. The molecule has 6 heteroatoms. The van der Waals surface area contributed by atoms with Crippen molar-refractivity contribution >= 4 is 39.4 Å². The molecule has 2 aromatic rings. The number of carbonyl (C=O) groups is 1. The van der Waals surface area contributed by atoms with E-state index in [4.69, 9.17) is 4.74 Å². The van der Waals surface area contributed by atoms with Crippen molar-refractivity contribution in [2.75, 3.05) is 6.61 Å². The molecular weight excluding hydrogens is 352 g/mol. The van der Waals surface area contributed by atoms with Gasteiger partial charge in [-0.2, -0.15) is 5.10 Å². The Morgan fingerprint density at radius 3 is 2.86 bits per heavy atom. The molecule has 110 valence electrons. The molecule has 1 N–H and O–H groups in total. The number of nitrogens with zero attached hydrogens (tertiary/aromatic N) is 1. The van der Waals surface area contributed by atoms with Crippen molar-refractivity contribution < 1.29 is 9.53 Å². The van der Waals surface area contributed by atoms with Crippen molar-refractivity contribution in [2.24, 2.45) is 5.10 Å². The van der Waals surface area contributed by atoms with Crippen LogP contribution in [0, 0.1) is 13.8 Å². The molecule has 0 atom stereocenters. The summed E-state index contributed by atoms with van der Waals surface area (Å²) in [6.07, 6.45) is 1.60. The molecule has 1 aromatic carbocycles. The zero-order valence-corrected chi connectivity index (χ0v) is 14.1. The molecule has 0 saturated heterocycles. The van der Waals surface area contributed by atoms with Gasteiger partial charge in [0.2, 0.25) is 0 Å². The van der Waals surface area contributed by atoms with Gasteiger partial charge in [0.05, 0.1) is 6.21 Å². The molecule has 4 nitrogen and oxygen atoms in total. The summed E-state index contributed by atoms with van der Waals surface area (Å²) < 4.78 is 6.42. The molecule has 0 aliphatic heterocycles. The fraction of sp³-hybridized carbons (Fsp3) is 0.200. The van der Waals surface area contributed by atoms with Gasteiger partial charge in [-0.3, -0.25) is 4.79 Å². The van der Waals surface area contributed by atoms with Gasteiger partial charge >= 0.3 is 0 Å². The Morgan fingerprint density at radius 2 is 2.19 bits per heavy atom. The Kier molecular flexibility index (Phi) is 5.52. The topological polar surface area (TPSA) is 50.7 Å². The van der Waals surface area contributed by atoms with E-state index in [0.717, 1.165) is 14.9 Å². The van der Waals surface area contributed by atoms with Crippen LogP contribution in [0.3, 0.4) is 0 Å². The first kappa shape index (κ1) is 15.7. The normalized spacial score (nSPS) is 10.8. The van der Waals surface area contributed by atoms with Gasteiger partial charge in [0.15, 0.2) is 6.61 Å². The SMILES string of the molecule is Cc1ccc(OCC(=O)NN=Cc2cc(Br)cs2)cc1C. The maximum Gasteiger partial charge on any atom is 0.277 e. The highest BCUT2D eigenvalue weighted by Crippen LogP contribution is 2.18. The lowest BCUT2D eigenvalue weighted by Gasteiger charge is -2.07. The summed E-state index contributed by atoms with van der Waals surface area (Å²) in [5, 5.41) is 5.83. The van der Waals surface area contributed by atoms with Crippen LogP contribution in [0.2, 0.25) is 0 Å². The monoisotopic (exact) mass is 366 g/mol. The molecule has 1 aromatic heterocycles. The van der Waals surface area contributed by atoms with E-state index in [9.17, 15) is 4.79 Å². The summed E-state index contributed by atoms with van der Waals surface area (Å²) in [5.41, 5.74) is 4.76. The van der Waals surface area contributed by atoms with Crippen LogP contribution in [0.1, 0.15) is 16.0 Å². The van der Waals surface area contributed by atoms with Crippen LogP contribution in [0.15, 0.2) is 39.2 Å². The number of hydrogen-bond acceptors (Lipinski definition) is 4. The van der Waals surface area contributed by atoms with Crippen LogP contribution in [-0.4, -0.2) is 18.7 Å². The highest BCUT2D eigenvalue weighted by molar-refractivity contribution is 9.10. The lowest BCUT2D eigenvalue weighted by atomic mass is 10.1. The lowest BCUT2D eigenvalue weighted by Crippen LogP contribution is -2.24. The third-order valence-corrected chi connectivity index (χ3v) is 4.45. The summed E-state index contributed by atoms with van der Waals surface area (Å²) in [5.74, 6) is 0.388. The minimum Gasteiger partial charge on any atom is -0.484 e. The van der Waals surface area contributed by atoms with E-state index in [0.29, 0.717) is 5.75 Å². The zero-order chi connectivity index (χ0) is 15.2. The number of rotatable bonds is 5. The number of carbonyl (C=O) groups excluding carboxylic acids is 1. The Bertz CT molecular complexity index is 667. The summed E-state index contributed by atoms with van der Waals surface area (Å²) in [4.78, 5) is 12.6. The Hall–Kier alpha value is -1.66. The summed E-state index contributed by atoms with van der Waals surface area (Å²) in [7, 11) is 0. The van der Waals surface area contributed by atoms with Crippen LogP contribution in [-0.2, 0) is 4.79 Å². The average molecular weight is 367 g/mol. The van der Waals surface area contributed by atoms with Crippen LogP contribution in [0.5, 0.6) is 5.75 Å². The van der Waals surface area contributed by atoms with Gasteiger partial charge in [0.1, 0.15) is 5.75 Å². The van der Waals surface area contributed by atoms with E-state index in [1.165, 1.54) is 16.9 Å². The molecule has 1 amide bonds. The van der Waals surface area contributed by atoms with Crippen molar-refractivity contribution in [3.63, 3.8) is 0 Å². The summed E-state index contributed by atoms with van der Waals surface area (Å²) in [6, 6.07) is 7.65. The second kappa shape index (κ2) is 7.38. The van der Waals surface area contributed by atoms with Gasteiger partial charge in [0, 0.05) is 14.7 Å². The van der Waals surface area contributed by atoms with Crippen LogP contribution in [0.4, 0.5) is 0 Å². The van der Waals surface area contributed by atoms with Crippen molar-refractivity contribution in [3.8, 4) is 5.75 Å². The number of thiophene rings is 1. The molecule has 21 heavy (non-hydrogen) atoms. The largest absolute Gasteiger partial charge is 0.484 e. The number of nitrogens with one attached hydrogen (secondary N) is 1. The molecule has 0 saturated carbocycles. The fourth-order valence-electron chi connectivity index (χ4n) is 1.55. The number of halogens is 1. The molecule has 0 spiro atoms. The summed E-state index contributed by atoms with van der Waals surface area (Å²) in [6.45, 7) is 3.98. The minimum atomic E-state index is -0.292. The number of ether oxygens (including phenoxy) is 1. The van der Waals surface area contributed by atoms with Gasteiger partial charge in [0.25, 0.3) is 5.91 Å². The maximum atomic E-state index is 11.6. The standard InChI is InChI=1S/C15H15BrN2O2S/c1-10-3-4-13(5-11(10)2)20-8-15(19)18-17-7-14-6-12(16)9-21-14/h3-7,9H,8H2,1-2H3,(H,18,19). The van der Waals surface area contributed by atoms with E-state index >= 15 is 0 Å². The predicted molar refractivity (Wildman–Crippen MR) is 89.2 cm³/mol. The molecule has 0 fully saturated rings. The van der Waals surface area contributed by atoms with Crippen LogP contribution >= 0.6 is 27.3 Å². The van der Waals surface area contributed by atoms with Gasteiger partial charge in [-0.25, -0.2) is 5.43 Å². The fourth-order valence-corrected chi connectivity index (χ4v) is 2.85. The summed E-state index contributed by atoms with van der Waals surface area (Å²) >= 11 is 4.89. The molecule has 0 aliphatic rings. The van der Waals surface area contributed by atoms with Crippen LogP contribution < -0.4 is 10.2 Å². The predicted octanol–water partition coefficient (Wildman–Crippen LogP) is 3.66. The van der Waals surface area contributed by atoms with Gasteiger partial charge in [-0.05, 0) is 59.1 Å². The highest BCUT2D eigenvalue weighted by atomic mass is 79.9. The third-order valence-electron chi connectivity index (χ3n) is 2.82. The van der Waals surface area contributed by atoms with E-state index in [-0.39, 0.29) is 12.5 Å². The second-order valence-electron chi connectivity index (χ2n) is 4.50. The van der Waals surface area contributed by atoms with Gasteiger partial charge in [-0.15, -0.1) is 11.3 Å². The Balaban J connectivity index is 1.79. The number of benzene rings is 1. The minimum absolute atomic E-state index is 0.0615. The van der Waals surface area contributed by atoms with Crippen LogP contribution in [0.25, 0.3) is 0 Å². The first-order valence-electron chi connectivity index (χ1n) is 6.30. The molecule has 0 aliphatic carbocycles. The number of hydrazone groups is 1. The Labute approximate surface area is 136 Å². The molecule has 2 rings (SSSR count). The van der Waals surface area contributed by atoms with E-state index < -0.39 is 0 Å². The van der Waals surface area contributed by atoms with E-state index in [1.807, 2.05) is 43.5 Å².